The third-order valence-electron chi connectivity index (χ3n) is 8.34. The van der Waals surface area contributed by atoms with E-state index in [1.165, 1.54) is 44.2 Å². The summed E-state index contributed by atoms with van der Waals surface area (Å²) < 4.78 is 7.23. The fourth-order valence-electron chi connectivity index (χ4n) is 7.10. The van der Waals surface area contributed by atoms with Crippen molar-refractivity contribution in [2.75, 3.05) is 0 Å². The molecule has 0 amide bonds. The van der Waals surface area contributed by atoms with Gasteiger partial charge >= 0.3 is 0 Å². The molecule has 0 unspecified atom stereocenters. The van der Waals surface area contributed by atoms with Gasteiger partial charge < -0.3 is 4.74 Å². The molecule has 0 radical (unpaired) electrons. The smallest absolute Gasteiger partial charge is 0.140 e. The first-order valence-electron chi connectivity index (χ1n) is 11.8. The minimum absolute atomic E-state index is 0.160. The second kappa shape index (κ2) is 6.27. The first-order valence-corrected chi connectivity index (χ1v) is 12.6. The molecule has 3 aliphatic rings. The van der Waals surface area contributed by atoms with Gasteiger partial charge in [0.05, 0.1) is 4.32 Å². The van der Waals surface area contributed by atoms with Gasteiger partial charge in [0.1, 0.15) is 11.2 Å². The molecule has 0 spiro atoms. The van der Waals surface area contributed by atoms with Crippen LogP contribution in [-0.2, 0) is 20.3 Å². The average Bonchev–Trinajstić information content (AvgIpc) is 3.31. The highest BCUT2D eigenvalue weighted by atomic mass is 79.9. The van der Waals surface area contributed by atoms with Gasteiger partial charge in [-0.3, -0.25) is 0 Å². The highest BCUT2D eigenvalue weighted by Crippen LogP contribution is 2.83. The Labute approximate surface area is 207 Å². The van der Waals surface area contributed by atoms with Crippen LogP contribution < -0.4 is 0 Å². The van der Waals surface area contributed by atoms with E-state index in [1.54, 1.807) is 0 Å². The molecule has 2 heteroatoms. The lowest BCUT2D eigenvalue weighted by atomic mass is 9.49. The molecule has 2 aliphatic heterocycles. The molecule has 0 aromatic heterocycles. The summed E-state index contributed by atoms with van der Waals surface area (Å²) in [5, 5.41) is 2.50. The third-order valence-corrected chi connectivity index (χ3v) is 9.79. The fourth-order valence-corrected chi connectivity index (χ4v) is 8.56. The molecule has 162 valence electrons. The van der Waals surface area contributed by atoms with Crippen molar-refractivity contribution >= 4 is 26.7 Å². The minimum atomic E-state index is -0.636. The van der Waals surface area contributed by atoms with Crippen molar-refractivity contribution in [2.45, 2.75) is 21.4 Å². The first-order chi connectivity index (χ1) is 16.7. The van der Waals surface area contributed by atoms with Crippen LogP contribution in [0.2, 0.25) is 0 Å². The fraction of sp³-hybridized carbons (Fsp3) is 0.125. The van der Waals surface area contributed by atoms with Crippen LogP contribution in [0.5, 0.6) is 0 Å². The van der Waals surface area contributed by atoms with Gasteiger partial charge in [0.25, 0.3) is 0 Å². The minimum Gasteiger partial charge on any atom is -0.347 e. The van der Waals surface area contributed by atoms with Crippen molar-refractivity contribution in [3.8, 4) is 0 Å². The highest BCUT2D eigenvalue weighted by molar-refractivity contribution is 9.09. The largest absolute Gasteiger partial charge is 0.347 e. The second-order valence-electron chi connectivity index (χ2n) is 9.73. The lowest BCUT2D eigenvalue weighted by Gasteiger charge is -2.55. The highest BCUT2D eigenvalue weighted by Gasteiger charge is 2.82. The molecule has 5 aromatic carbocycles. The summed E-state index contributed by atoms with van der Waals surface area (Å²) in [4.78, 5) is 0. The van der Waals surface area contributed by atoms with Gasteiger partial charge in [0.15, 0.2) is 0 Å². The van der Waals surface area contributed by atoms with Crippen molar-refractivity contribution in [3.63, 3.8) is 0 Å². The van der Waals surface area contributed by atoms with Crippen molar-refractivity contribution < 1.29 is 4.74 Å². The molecule has 2 bridgehead atoms. The Bertz CT molecular complexity index is 1610. The molecule has 5 aromatic rings. The van der Waals surface area contributed by atoms with Crippen LogP contribution >= 0.6 is 15.9 Å². The van der Waals surface area contributed by atoms with E-state index < -0.39 is 11.2 Å². The molecule has 8 rings (SSSR count). The summed E-state index contributed by atoms with van der Waals surface area (Å²) in [6, 6.07) is 43.9. The zero-order chi connectivity index (χ0) is 22.5. The lowest BCUT2D eigenvalue weighted by Crippen LogP contribution is -2.54. The van der Waals surface area contributed by atoms with E-state index in [9.17, 15) is 0 Å². The van der Waals surface area contributed by atoms with Crippen LogP contribution in [0.25, 0.3) is 10.8 Å². The molecule has 1 saturated heterocycles. The zero-order valence-electron chi connectivity index (χ0n) is 18.4. The molecular formula is C32H21BrO. The number of hydrogen-bond donors (Lipinski definition) is 0. The Kier molecular flexibility index (Phi) is 3.53. The van der Waals surface area contributed by atoms with Crippen LogP contribution in [0, 0.1) is 0 Å². The maximum absolute atomic E-state index is 7.59. The molecule has 0 N–H and O–H groups in total. The Morgan fingerprint density at radius 1 is 0.559 bits per heavy atom. The van der Waals surface area contributed by atoms with Crippen LogP contribution in [0.15, 0.2) is 121 Å². The van der Waals surface area contributed by atoms with Crippen LogP contribution in [0.4, 0.5) is 0 Å². The summed E-state index contributed by atoms with van der Waals surface area (Å²) in [6.07, 6.45) is 0. The van der Waals surface area contributed by atoms with Gasteiger partial charge in [-0.25, -0.2) is 0 Å². The maximum atomic E-state index is 7.59. The van der Waals surface area contributed by atoms with E-state index in [0.717, 1.165) is 0 Å². The van der Waals surface area contributed by atoms with Crippen LogP contribution in [0.3, 0.4) is 0 Å². The van der Waals surface area contributed by atoms with Crippen LogP contribution in [0.1, 0.15) is 39.3 Å². The van der Waals surface area contributed by atoms with E-state index in [0.29, 0.717) is 0 Å². The van der Waals surface area contributed by atoms with E-state index in [1.807, 2.05) is 0 Å². The van der Waals surface area contributed by atoms with Gasteiger partial charge in [-0.1, -0.05) is 125 Å². The standard InChI is InChI=1S/C32H21BrO/c33-31-26-18-10-9-17-25(26)29(31)30(23-13-3-1-4-14-23)27-19-21-11-7-8-12-22(21)20-28(27)32(31,34-30)24-15-5-2-6-16-24/h1-20,29H/t29-,30+,31-,32+/m1/s1. The van der Waals surface area contributed by atoms with Gasteiger partial charge in [0, 0.05) is 5.92 Å². The number of rotatable bonds is 2. The van der Waals surface area contributed by atoms with Gasteiger partial charge in [-0.15, -0.1) is 0 Å². The average molecular weight is 501 g/mol. The SMILES string of the molecule is Br[C@]12c3ccccc3[C@@H]1[C@@]1(c3ccccc3)O[C@@]2(c2ccccc2)c2cc3ccccc3cc21. The summed E-state index contributed by atoms with van der Waals surface area (Å²) in [5.41, 5.74) is 6.46. The van der Waals surface area contributed by atoms with Crippen molar-refractivity contribution in [1.82, 2.24) is 0 Å². The van der Waals surface area contributed by atoms with Crippen molar-refractivity contribution in [3.05, 3.63) is 155 Å². The van der Waals surface area contributed by atoms with Gasteiger partial charge in [-0.05, 0) is 56.3 Å². The van der Waals surface area contributed by atoms with Crippen molar-refractivity contribution in [1.29, 1.82) is 0 Å². The predicted molar refractivity (Wildman–Crippen MR) is 139 cm³/mol. The summed E-state index contributed by atoms with van der Waals surface area (Å²) in [5.74, 6) is 0.160. The Morgan fingerprint density at radius 2 is 1.12 bits per heavy atom. The molecule has 0 saturated carbocycles. The van der Waals surface area contributed by atoms with Crippen molar-refractivity contribution in [2.24, 2.45) is 0 Å². The lowest BCUT2D eigenvalue weighted by molar-refractivity contribution is -0.0471. The number of halogens is 1. The van der Waals surface area contributed by atoms with E-state index in [2.05, 4.69) is 137 Å². The maximum Gasteiger partial charge on any atom is 0.140 e. The summed E-state index contributed by atoms with van der Waals surface area (Å²) in [6.45, 7) is 0. The molecule has 1 aliphatic carbocycles. The van der Waals surface area contributed by atoms with E-state index >= 15 is 0 Å². The topological polar surface area (TPSA) is 9.23 Å². The monoisotopic (exact) mass is 500 g/mol. The third kappa shape index (κ3) is 1.92. The number of hydrogen-bond acceptors (Lipinski definition) is 1. The van der Waals surface area contributed by atoms with E-state index in [4.69, 9.17) is 4.74 Å². The molecule has 1 nitrogen and oxygen atoms in total. The predicted octanol–water partition coefficient (Wildman–Crippen LogP) is 7.76. The van der Waals surface area contributed by atoms with Gasteiger partial charge in [0.2, 0.25) is 0 Å². The normalized spacial score (nSPS) is 29.9. The molecular weight excluding hydrogens is 480 g/mol. The number of ether oxygens (including phenoxy) is 1. The number of alkyl halides is 1. The first kappa shape index (κ1) is 19.1. The molecule has 34 heavy (non-hydrogen) atoms. The summed E-state index contributed by atoms with van der Waals surface area (Å²) >= 11 is 4.39. The second-order valence-corrected chi connectivity index (χ2v) is 11.0. The quantitative estimate of drug-likeness (QED) is 0.225. The number of benzene rings is 5. The Hall–Kier alpha value is -3.20. The zero-order valence-corrected chi connectivity index (χ0v) is 20.0. The van der Waals surface area contributed by atoms with Gasteiger partial charge in [-0.2, -0.15) is 0 Å². The molecule has 1 fully saturated rings. The number of fused-ring (bicyclic) bond motifs is 12. The van der Waals surface area contributed by atoms with E-state index in [-0.39, 0.29) is 10.2 Å². The summed E-state index contributed by atoms with van der Waals surface area (Å²) in [7, 11) is 0. The molecule has 2 heterocycles. The van der Waals surface area contributed by atoms with Crippen LogP contribution in [-0.4, -0.2) is 0 Å². The Balaban J connectivity index is 1.58. The Morgan fingerprint density at radius 3 is 1.82 bits per heavy atom. The molecule has 4 atom stereocenters.